The monoisotopic (exact) mass is 377 g/mol. The number of nitrogens with two attached hydrogens (primary N) is 1. The molecule has 0 aliphatic heterocycles. The number of nitrogens with zero attached hydrogens (tertiary/aromatic N) is 1. The summed E-state index contributed by atoms with van der Waals surface area (Å²) in [6, 6.07) is 15.7. The van der Waals surface area contributed by atoms with Crippen molar-refractivity contribution in [3.05, 3.63) is 64.5 Å². The van der Waals surface area contributed by atoms with Crippen LogP contribution in [-0.2, 0) is 6.54 Å². The molecule has 5 nitrogen and oxygen atoms in total. The SMILES string of the molecule is COc1ccc(CNC(=O)c2sc3nc4ccc(C)cc4cc3c2N)cc1. The Hall–Kier alpha value is -3.12. The maximum Gasteiger partial charge on any atom is 0.263 e. The lowest BCUT2D eigenvalue weighted by Crippen LogP contribution is -2.22. The average molecular weight is 377 g/mol. The number of pyridine rings is 1. The molecule has 136 valence electrons. The van der Waals surface area contributed by atoms with E-state index in [4.69, 9.17) is 10.5 Å². The largest absolute Gasteiger partial charge is 0.497 e. The molecule has 0 saturated carbocycles. The molecule has 2 aromatic carbocycles. The Kier molecular flexibility index (Phi) is 4.41. The second-order valence-corrected chi connectivity index (χ2v) is 7.41. The van der Waals surface area contributed by atoms with E-state index in [2.05, 4.69) is 16.4 Å². The number of rotatable bonds is 4. The molecule has 0 radical (unpaired) electrons. The summed E-state index contributed by atoms with van der Waals surface area (Å²) >= 11 is 1.32. The number of nitrogen functional groups attached to an aromatic ring is 1. The predicted octanol–water partition coefficient (Wildman–Crippen LogP) is 4.28. The number of ether oxygens (including phenoxy) is 1. The minimum absolute atomic E-state index is 0.188. The number of nitrogens with one attached hydrogen (secondary N) is 1. The lowest BCUT2D eigenvalue weighted by atomic mass is 10.1. The Bertz CT molecular complexity index is 1150. The number of benzene rings is 2. The van der Waals surface area contributed by atoms with Crippen LogP contribution in [0.25, 0.3) is 21.1 Å². The highest BCUT2D eigenvalue weighted by Gasteiger charge is 2.17. The number of fused-ring (bicyclic) bond motifs is 2. The molecule has 0 spiro atoms. The third-order valence-electron chi connectivity index (χ3n) is 4.49. The Morgan fingerprint density at radius 3 is 2.70 bits per heavy atom. The van der Waals surface area contributed by atoms with Crippen LogP contribution >= 0.6 is 11.3 Å². The second kappa shape index (κ2) is 6.89. The van der Waals surface area contributed by atoms with E-state index in [9.17, 15) is 4.79 Å². The number of methoxy groups -OCH3 is 1. The van der Waals surface area contributed by atoms with Gasteiger partial charge in [-0.05, 0) is 42.8 Å². The molecule has 2 aromatic heterocycles. The molecule has 27 heavy (non-hydrogen) atoms. The fraction of sp³-hybridized carbons (Fsp3) is 0.143. The molecule has 0 aliphatic rings. The molecule has 0 atom stereocenters. The molecular formula is C21H19N3O2S. The third-order valence-corrected chi connectivity index (χ3v) is 5.60. The molecule has 1 amide bonds. The fourth-order valence-corrected chi connectivity index (χ4v) is 4.00. The van der Waals surface area contributed by atoms with Crippen LogP contribution in [-0.4, -0.2) is 18.0 Å². The first kappa shape index (κ1) is 17.3. The highest BCUT2D eigenvalue weighted by Crippen LogP contribution is 2.34. The number of carbonyl (C=O) groups is 1. The quantitative estimate of drug-likeness (QED) is 0.556. The molecule has 2 heterocycles. The predicted molar refractivity (Wildman–Crippen MR) is 110 cm³/mol. The summed E-state index contributed by atoms with van der Waals surface area (Å²) in [7, 11) is 1.62. The first-order valence-corrected chi connectivity index (χ1v) is 9.37. The van der Waals surface area contributed by atoms with Gasteiger partial charge in [-0.25, -0.2) is 4.98 Å². The highest BCUT2D eigenvalue weighted by atomic mass is 32.1. The maximum absolute atomic E-state index is 12.6. The van der Waals surface area contributed by atoms with E-state index in [1.165, 1.54) is 11.3 Å². The van der Waals surface area contributed by atoms with E-state index in [1.807, 2.05) is 49.4 Å². The Morgan fingerprint density at radius 2 is 1.96 bits per heavy atom. The Labute approximate surface area is 160 Å². The lowest BCUT2D eigenvalue weighted by molar-refractivity contribution is 0.0956. The van der Waals surface area contributed by atoms with Crippen molar-refractivity contribution < 1.29 is 9.53 Å². The average Bonchev–Trinajstić information content (AvgIpc) is 3.00. The molecule has 0 bridgehead atoms. The molecule has 3 N–H and O–H groups in total. The zero-order valence-electron chi connectivity index (χ0n) is 15.1. The van der Waals surface area contributed by atoms with Crippen molar-refractivity contribution in [1.82, 2.24) is 10.3 Å². The molecule has 0 saturated heterocycles. The van der Waals surface area contributed by atoms with Crippen LogP contribution in [0.5, 0.6) is 5.75 Å². The van der Waals surface area contributed by atoms with Gasteiger partial charge in [0, 0.05) is 17.3 Å². The number of thiophene rings is 1. The number of aromatic nitrogens is 1. The smallest absolute Gasteiger partial charge is 0.263 e. The van der Waals surface area contributed by atoms with E-state index in [0.29, 0.717) is 17.1 Å². The molecule has 4 rings (SSSR count). The summed E-state index contributed by atoms with van der Waals surface area (Å²) in [6.07, 6.45) is 0. The van der Waals surface area contributed by atoms with Gasteiger partial charge < -0.3 is 15.8 Å². The van der Waals surface area contributed by atoms with Crippen LogP contribution in [0.1, 0.15) is 20.8 Å². The van der Waals surface area contributed by atoms with E-state index in [1.54, 1.807) is 7.11 Å². The molecular weight excluding hydrogens is 358 g/mol. The summed E-state index contributed by atoms with van der Waals surface area (Å²) in [5.74, 6) is 0.596. The number of anilines is 1. The first-order chi connectivity index (χ1) is 13.0. The van der Waals surface area contributed by atoms with Gasteiger partial charge in [-0.1, -0.05) is 23.8 Å². The summed E-state index contributed by atoms with van der Waals surface area (Å²) in [5.41, 5.74) is 9.81. The zero-order valence-corrected chi connectivity index (χ0v) is 15.9. The van der Waals surface area contributed by atoms with Crippen molar-refractivity contribution >= 4 is 44.1 Å². The minimum atomic E-state index is -0.188. The number of hydrogen-bond acceptors (Lipinski definition) is 5. The Morgan fingerprint density at radius 1 is 1.19 bits per heavy atom. The lowest BCUT2D eigenvalue weighted by Gasteiger charge is -2.06. The van der Waals surface area contributed by atoms with Gasteiger partial charge in [0.2, 0.25) is 0 Å². The number of carbonyl (C=O) groups excluding carboxylic acids is 1. The zero-order chi connectivity index (χ0) is 19.0. The van der Waals surface area contributed by atoms with Gasteiger partial charge in [0.15, 0.2) is 0 Å². The minimum Gasteiger partial charge on any atom is -0.497 e. The number of hydrogen-bond donors (Lipinski definition) is 2. The van der Waals surface area contributed by atoms with Crippen LogP contribution < -0.4 is 15.8 Å². The molecule has 0 aliphatic carbocycles. The van der Waals surface area contributed by atoms with Crippen LogP contribution in [0.3, 0.4) is 0 Å². The van der Waals surface area contributed by atoms with Gasteiger partial charge in [0.1, 0.15) is 15.5 Å². The van der Waals surface area contributed by atoms with Crippen molar-refractivity contribution in [3.63, 3.8) is 0 Å². The summed E-state index contributed by atoms with van der Waals surface area (Å²) in [6.45, 7) is 2.46. The van der Waals surface area contributed by atoms with Gasteiger partial charge in [-0.3, -0.25) is 4.79 Å². The number of aryl methyl sites for hydroxylation is 1. The van der Waals surface area contributed by atoms with Crippen molar-refractivity contribution in [2.75, 3.05) is 12.8 Å². The third kappa shape index (κ3) is 3.31. The molecule has 0 unspecified atom stereocenters. The van der Waals surface area contributed by atoms with Crippen molar-refractivity contribution in [3.8, 4) is 5.75 Å². The van der Waals surface area contributed by atoms with Gasteiger partial charge in [-0.2, -0.15) is 0 Å². The summed E-state index contributed by atoms with van der Waals surface area (Å²) in [5, 5.41) is 4.78. The van der Waals surface area contributed by atoms with Crippen LogP contribution in [0.2, 0.25) is 0 Å². The van der Waals surface area contributed by atoms with E-state index in [-0.39, 0.29) is 5.91 Å². The molecule has 0 fully saturated rings. The maximum atomic E-state index is 12.6. The summed E-state index contributed by atoms with van der Waals surface area (Å²) in [4.78, 5) is 18.6. The molecule has 6 heteroatoms. The van der Waals surface area contributed by atoms with Crippen molar-refractivity contribution in [1.29, 1.82) is 0 Å². The van der Waals surface area contributed by atoms with E-state index >= 15 is 0 Å². The second-order valence-electron chi connectivity index (χ2n) is 6.41. The Balaban J connectivity index is 1.61. The standard InChI is InChI=1S/C21H19N3O2S/c1-12-3-8-17-14(9-12)10-16-18(22)19(27-21(16)24-17)20(25)23-11-13-4-6-15(26-2)7-5-13/h3-10H,11,22H2,1-2H3,(H,23,25). The fourth-order valence-electron chi connectivity index (χ4n) is 3.00. The van der Waals surface area contributed by atoms with Gasteiger partial charge >= 0.3 is 0 Å². The van der Waals surface area contributed by atoms with Crippen LogP contribution in [0, 0.1) is 6.92 Å². The topological polar surface area (TPSA) is 77.2 Å². The van der Waals surface area contributed by atoms with Gasteiger partial charge in [0.25, 0.3) is 5.91 Å². The summed E-state index contributed by atoms with van der Waals surface area (Å²) < 4.78 is 5.14. The van der Waals surface area contributed by atoms with Crippen molar-refractivity contribution in [2.45, 2.75) is 13.5 Å². The van der Waals surface area contributed by atoms with Gasteiger partial charge in [-0.15, -0.1) is 11.3 Å². The molecule has 4 aromatic rings. The van der Waals surface area contributed by atoms with E-state index in [0.717, 1.165) is 38.0 Å². The van der Waals surface area contributed by atoms with Gasteiger partial charge in [0.05, 0.1) is 18.3 Å². The number of amides is 1. The van der Waals surface area contributed by atoms with Crippen molar-refractivity contribution in [2.24, 2.45) is 0 Å². The van der Waals surface area contributed by atoms with E-state index < -0.39 is 0 Å². The normalized spacial score (nSPS) is 11.0. The van der Waals surface area contributed by atoms with Crippen LogP contribution in [0.4, 0.5) is 5.69 Å². The van der Waals surface area contributed by atoms with Crippen LogP contribution in [0.15, 0.2) is 48.5 Å². The highest BCUT2D eigenvalue weighted by molar-refractivity contribution is 7.21. The first-order valence-electron chi connectivity index (χ1n) is 8.55.